The number of amides is 1. The fourth-order valence-corrected chi connectivity index (χ4v) is 3.88. The summed E-state index contributed by atoms with van der Waals surface area (Å²) in [5.41, 5.74) is 9.20. The van der Waals surface area contributed by atoms with E-state index in [-0.39, 0.29) is 6.04 Å². The van der Waals surface area contributed by atoms with Crippen LogP contribution in [0.1, 0.15) is 27.5 Å². The number of hydrogen-bond acceptors (Lipinski definition) is 3. The van der Waals surface area contributed by atoms with Crippen molar-refractivity contribution in [1.29, 1.82) is 0 Å². The molecule has 3 nitrogen and oxygen atoms in total. The highest BCUT2D eigenvalue weighted by molar-refractivity contribution is 7.98. The minimum atomic E-state index is -0.509. The molecule has 0 saturated carbocycles. The number of nitrogens with one attached hydrogen (secondary N) is 1. The number of thioether (sulfide) groups is 1. The lowest BCUT2D eigenvalue weighted by atomic mass is 10.0. The van der Waals surface area contributed by atoms with E-state index in [2.05, 4.69) is 29.6 Å². The van der Waals surface area contributed by atoms with E-state index in [0.29, 0.717) is 10.6 Å². The molecule has 3 N–H and O–H groups in total. The lowest BCUT2D eigenvalue weighted by Crippen LogP contribution is -2.19. The van der Waals surface area contributed by atoms with Gasteiger partial charge in [0.1, 0.15) is 0 Å². The molecule has 3 rings (SSSR count). The molecule has 2 aromatic rings. The topological polar surface area (TPSA) is 55.1 Å². The second kappa shape index (κ2) is 6.00. The fourth-order valence-electron chi connectivity index (χ4n) is 2.51. The summed E-state index contributed by atoms with van der Waals surface area (Å²) in [4.78, 5) is 11.2. The van der Waals surface area contributed by atoms with Crippen molar-refractivity contribution >= 4 is 35.0 Å². The van der Waals surface area contributed by atoms with E-state index in [0.717, 1.165) is 17.2 Å². The zero-order chi connectivity index (χ0) is 14.8. The quantitative estimate of drug-likeness (QED) is 0.904. The Morgan fingerprint density at radius 1 is 1.29 bits per heavy atom. The minimum absolute atomic E-state index is 0.246. The summed E-state index contributed by atoms with van der Waals surface area (Å²) in [5, 5.41) is 3.87. The normalized spacial score (nSPS) is 17.1. The van der Waals surface area contributed by atoms with Crippen LogP contribution in [0.4, 0.5) is 5.69 Å². The molecule has 0 saturated heterocycles. The van der Waals surface area contributed by atoms with Gasteiger partial charge in [-0.15, -0.1) is 0 Å². The predicted octanol–water partition coefficient (Wildman–Crippen LogP) is 3.84. The summed E-state index contributed by atoms with van der Waals surface area (Å²) in [6, 6.07) is 14.0. The minimum Gasteiger partial charge on any atom is -0.377 e. The van der Waals surface area contributed by atoms with Crippen LogP contribution in [-0.4, -0.2) is 11.7 Å². The maximum absolute atomic E-state index is 11.2. The summed E-state index contributed by atoms with van der Waals surface area (Å²) in [7, 11) is 0. The van der Waals surface area contributed by atoms with Crippen LogP contribution in [0.2, 0.25) is 5.02 Å². The van der Waals surface area contributed by atoms with Gasteiger partial charge < -0.3 is 11.1 Å². The van der Waals surface area contributed by atoms with Crippen LogP contribution in [0.3, 0.4) is 0 Å². The number of benzene rings is 2. The molecule has 0 bridgehead atoms. The van der Waals surface area contributed by atoms with Gasteiger partial charge in [0.25, 0.3) is 0 Å². The molecule has 21 heavy (non-hydrogen) atoms. The lowest BCUT2D eigenvalue weighted by Gasteiger charge is -2.27. The second-order valence-electron chi connectivity index (χ2n) is 4.97. The van der Waals surface area contributed by atoms with Gasteiger partial charge in [-0.2, -0.15) is 11.8 Å². The van der Waals surface area contributed by atoms with E-state index < -0.39 is 5.91 Å². The average molecular weight is 319 g/mol. The van der Waals surface area contributed by atoms with E-state index in [1.807, 2.05) is 17.8 Å². The van der Waals surface area contributed by atoms with Gasteiger partial charge in [0.2, 0.25) is 5.91 Å². The largest absolute Gasteiger partial charge is 0.377 e. The first-order valence-electron chi connectivity index (χ1n) is 6.66. The van der Waals surface area contributed by atoms with Crippen molar-refractivity contribution in [2.75, 3.05) is 11.1 Å². The number of fused-ring (bicyclic) bond motifs is 1. The van der Waals surface area contributed by atoms with Crippen LogP contribution in [0, 0.1) is 0 Å². The van der Waals surface area contributed by atoms with E-state index in [9.17, 15) is 4.79 Å². The van der Waals surface area contributed by atoms with Gasteiger partial charge in [-0.3, -0.25) is 4.79 Å². The molecule has 1 atom stereocenters. The van der Waals surface area contributed by atoms with Gasteiger partial charge in [-0.25, -0.2) is 0 Å². The van der Waals surface area contributed by atoms with Crippen LogP contribution in [0.5, 0.6) is 0 Å². The Morgan fingerprint density at radius 3 is 2.86 bits per heavy atom. The Kier molecular flexibility index (Phi) is 4.08. The standard InChI is InChI=1S/C16H15ClN2OS/c17-14-7-11(5-6-13(14)16(18)20)19-15-9-21-8-10-3-1-2-4-12(10)15/h1-7,15,19H,8-9H2,(H2,18,20). The monoisotopic (exact) mass is 318 g/mol. The molecule has 1 amide bonds. The van der Waals surface area contributed by atoms with Gasteiger partial charge >= 0.3 is 0 Å². The molecule has 1 aliphatic heterocycles. The molecule has 0 spiro atoms. The number of hydrogen-bond donors (Lipinski definition) is 2. The lowest BCUT2D eigenvalue weighted by molar-refractivity contribution is 0.100. The summed E-state index contributed by atoms with van der Waals surface area (Å²) < 4.78 is 0. The first-order chi connectivity index (χ1) is 10.1. The predicted molar refractivity (Wildman–Crippen MR) is 88.9 cm³/mol. The summed E-state index contributed by atoms with van der Waals surface area (Å²) >= 11 is 8.00. The molecule has 0 radical (unpaired) electrons. The van der Waals surface area contributed by atoms with E-state index >= 15 is 0 Å². The van der Waals surface area contributed by atoms with E-state index in [4.69, 9.17) is 17.3 Å². The highest BCUT2D eigenvalue weighted by atomic mass is 35.5. The maximum atomic E-state index is 11.2. The Labute approximate surface area is 132 Å². The van der Waals surface area contributed by atoms with Gasteiger partial charge in [0, 0.05) is 17.2 Å². The number of primary amides is 1. The Bertz CT molecular complexity index is 690. The number of anilines is 1. The van der Waals surface area contributed by atoms with Crippen LogP contribution in [0.25, 0.3) is 0 Å². The molecule has 1 heterocycles. The summed E-state index contributed by atoms with van der Waals surface area (Å²) in [5.74, 6) is 1.55. The average Bonchev–Trinajstić information content (AvgIpc) is 2.47. The number of rotatable bonds is 3. The highest BCUT2D eigenvalue weighted by Crippen LogP contribution is 2.34. The molecular formula is C16H15ClN2OS. The van der Waals surface area contributed by atoms with Crippen molar-refractivity contribution in [3.8, 4) is 0 Å². The molecule has 0 fully saturated rings. The number of halogens is 1. The molecular weight excluding hydrogens is 304 g/mol. The zero-order valence-electron chi connectivity index (χ0n) is 11.3. The van der Waals surface area contributed by atoms with Gasteiger partial charge in [0.05, 0.1) is 16.6 Å². The second-order valence-corrected chi connectivity index (χ2v) is 6.41. The van der Waals surface area contributed by atoms with Crippen LogP contribution >= 0.6 is 23.4 Å². The molecule has 5 heteroatoms. The van der Waals surface area contributed by atoms with E-state index in [1.165, 1.54) is 11.1 Å². The number of nitrogens with two attached hydrogens (primary N) is 1. The van der Waals surface area contributed by atoms with Crippen molar-refractivity contribution in [2.45, 2.75) is 11.8 Å². The van der Waals surface area contributed by atoms with E-state index in [1.54, 1.807) is 12.1 Å². The Morgan fingerprint density at radius 2 is 2.10 bits per heavy atom. The smallest absolute Gasteiger partial charge is 0.250 e. The molecule has 1 aliphatic rings. The Balaban J connectivity index is 1.85. The molecule has 2 aromatic carbocycles. The first-order valence-corrected chi connectivity index (χ1v) is 8.20. The van der Waals surface area contributed by atoms with Crippen molar-refractivity contribution < 1.29 is 4.79 Å². The van der Waals surface area contributed by atoms with Gasteiger partial charge in [-0.05, 0) is 29.3 Å². The van der Waals surface area contributed by atoms with Crippen LogP contribution in [-0.2, 0) is 5.75 Å². The SMILES string of the molecule is NC(=O)c1ccc(NC2CSCc3ccccc32)cc1Cl. The molecule has 1 unspecified atom stereocenters. The van der Waals surface area contributed by atoms with Crippen molar-refractivity contribution in [3.05, 3.63) is 64.2 Å². The fraction of sp³-hybridized carbons (Fsp3) is 0.188. The third-order valence-corrected chi connectivity index (χ3v) is 4.94. The van der Waals surface area contributed by atoms with Crippen molar-refractivity contribution in [3.63, 3.8) is 0 Å². The molecule has 0 aromatic heterocycles. The van der Waals surface area contributed by atoms with Gasteiger partial charge in [0.15, 0.2) is 0 Å². The summed E-state index contributed by atoms with van der Waals surface area (Å²) in [6.45, 7) is 0. The highest BCUT2D eigenvalue weighted by Gasteiger charge is 2.20. The van der Waals surface area contributed by atoms with Gasteiger partial charge in [-0.1, -0.05) is 35.9 Å². The van der Waals surface area contributed by atoms with Crippen molar-refractivity contribution in [1.82, 2.24) is 0 Å². The first kappa shape index (κ1) is 14.3. The Hall–Kier alpha value is -1.65. The van der Waals surface area contributed by atoms with Crippen LogP contribution in [0.15, 0.2) is 42.5 Å². The number of carbonyl (C=O) groups is 1. The third-order valence-electron chi connectivity index (χ3n) is 3.55. The maximum Gasteiger partial charge on any atom is 0.250 e. The molecule has 0 aliphatic carbocycles. The van der Waals surface area contributed by atoms with Crippen molar-refractivity contribution in [2.24, 2.45) is 5.73 Å². The summed E-state index contributed by atoms with van der Waals surface area (Å²) in [6.07, 6.45) is 0. The zero-order valence-corrected chi connectivity index (χ0v) is 12.9. The van der Waals surface area contributed by atoms with Crippen LogP contribution < -0.4 is 11.1 Å². The third kappa shape index (κ3) is 3.01. The molecule has 108 valence electrons. The number of carbonyl (C=O) groups excluding carboxylic acids is 1.